The molecular formula is C15H22ClN3O2. The fraction of sp³-hybridized carbons (Fsp3) is 0.533. The van der Waals surface area contributed by atoms with Gasteiger partial charge in [0.25, 0.3) is 0 Å². The number of benzene rings is 1. The van der Waals surface area contributed by atoms with Crippen LogP contribution in [0.1, 0.15) is 20.3 Å². The SMILES string of the molecule is CC1CCN(C(C)C(=O)Nc2ccc(N)cc2Cl)CC1O. The standard InChI is InChI=1S/C15H22ClN3O2/c1-9-5-6-19(8-14(9)20)10(2)15(21)18-13-4-3-11(17)7-12(13)16/h3-4,7,9-10,14,20H,5-6,8,17H2,1-2H3,(H,18,21). The third-order valence-electron chi connectivity index (χ3n) is 4.13. The van der Waals surface area contributed by atoms with Gasteiger partial charge in [-0.25, -0.2) is 0 Å². The Bertz CT molecular complexity index is 524. The van der Waals surface area contributed by atoms with E-state index in [-0.39, 0.29) is 24.0 Å². The molecule has 1 aliphatic rings. The van der Waals surface area contributed by atoms with E-state index in [1.54, 1.807) is 18.2 Å². The van der Waals surface area contributed by atoms with E-state index in [2.05, 4.69) is 5.32 Å². The second-order valence-corrected chi connectivity index (χ2v) is 6.14. The van der Waals surface area contributed by atoms with Gasteiger partial charge in [-0.1, -0.05) is 18.5 Å². The first-order valence-corrected chi connectivity index (χ1v) is 7.54. The number of hydrogen-bond acceptors (Lipinski definition) is 4. The molecule has 1 amide bonds. The number of carbonyl (C=O) groups is 1. The van der Waals surface area contributed by atoms with E-state index in [0.29, 0.717) is 22.9 Å². The zero-order valence-electron chi connectivity index (χ0n) is 12.3. The lowest BCUT2D eigenvalue weighted by atomic mass is 9.95. The number of amides is 1. The fourth-order valence-corrected chi connectivity index (χ4v) is 2.70. The number of nitrogen functional groups attached to an aromatic ring is 1. The van der Waals surface area contributed by atoms with Crippen molar-refractivity contribution in [3.05, 3.63) is 23.2 Å². The minimum Gasteiger partial charge on any atom is -0.399 e. The Morgan fingerprint density at radius 3 is 2.90 bits per heavy atom. The molecule has 2 rings (SSSR count). The summed E-state index contributed by atoms with van der Waals surface area (Å²) in [6.07, 6.45) is 0.510. The first-order valence-electron chi connectivity index (χ1n) is 7.16. The highest BCUT2D eigenvalue weighted by molar-refractivity contribution is 6.34. The van der Waals surface area contributed by atoms with E-state index in [9.17, 15) is 9.90 Å². The van der Waals surface area contributed by atoms with Gasteiger partial charge in [0.2, 0.25) is 5.91 Å². The summed E-state index contributed by atoms with van der Waals surface area (Å²) in [5, 5.41) is 13.2. The Hall–Kier alpha value is -1.30. The van der Waals surface area contributed by atoms with Gasteiger partial charge in [-0.3, -0.25) is 9.69 Å². The number of aliphatic hydroxyl groups excluding tert-OH is 1. The highest BCUT2D eigenvalue weighted by Gasteiger charge is 2.30. The van der Waals surface area contributed by atoms with Crippen LogP contribution < -0.4 is 11.1 Å². The molecule has 0 aliphatic carbocycles. The van der Waals surface area contributed by atoms with Crippen LogP contribution in [-0.4, -0.2) is 41.1 Å². The Balaban J connectivity index is 1.99. The average molecular weight is 312 g/mol. The maximum Gasteiger partial charge on any atom is 0.241 e. The lowest BCUT2D eigenvalue weighted by molar-refractivity contribution is -0.122. The Morgan fingerprint density at radius 1 is 1.57 bits per heavy atom. The highest BCUT2D eigenvalue weighted by atomic mass is 35.5. The van der Waals surface area contributed by atoms with Crippen molar-refractivity contribution < 1.29 is 9.90 Å². The molecule has 21 heavy (non-hydrogen) atoms. The van der Waals surface area contributed by atoms with Crippen LogP contribution in [-0.2, 0) is 4.79 Å². The molecule has 0 aromatic heterocycles. The number of aliphatic hydroxyl groups is 1. The van der Waals surface area contributed by atoms with E-state index in [4.69, 9.17) is 17.3 Å². The second-order valence-electron chi connectivity index (χ2n) is 5.73. The number of carbonyl (C=O) groups excluding carboxylic acids is 1. The van der Waals surface area contributed by atoms with Gasteiger partial charge in [-0.2, -0.15) is 0 Å². The zero-order valence-corrected chi connectivity index (χ0v) is 13.1. The Labute approximate surface area is 130 Å². The number of piperidine rings is 1. The van der Waals surface area contributed by atoms with Crippen molar-refractivity contribution in [1.82, 2.24) is 4.90 Å². The maximum absolute atomic E-state index is 12.3. The van der Waals surface area contributed by atoms with Crippen LogP contribution in [0.2, 0.25) is 5.02 Å². The van der Waals surface area contributed by atoms with Gasteiger partial charge >= 0.3 is 0 Å². The van der Waals surface area contributed by atoms with Crippen molar-refractivity contribution in [2.24, 2.45) is 5.92 Å². The third-order valence-corrected chi connectivity index (χ3v) is 4.44. The summed E-state index contributed by atoms with van der Waals surface area (Å²) in [7, 11) is 0. The number of nitrogens with zero attached hydrogens (tertiary/aromatic N) is 1. The summed E-state index contributed by atoms with van der Waals surface area (Å²) in [4.78, 5) is 14.3. The van der Waals surface area contributed by atoms with Gasteiger partial charge in [0, 0.05) is 12.2 Å². The highest BCUT2D eigenvalue weighted by Crippen LogP contribution is 2.25. The molecule has 0 saturated carbocycles. The van der Waals surface area contributed by atoms with E-state index in [0.717, 1.165) is 13.0 Å². The topological polar surface area (TPSA) is 78.6 Å². The molecule has 1 heterocycles. The van der Waals surface area contributed by atoms with Crippen molar-refractivity contribution in [3.8, 4) is 0 Å². The monoisotopic (exact) mass is 311 g/mol. The largest absolute Gasteiger partial charge is 0.399 e. The molecular weight excluding hydrogens is 290 g/mol. The molecule has 3 atom stereocenters. The second kappa shape index (κ2) is 6.64. The predicted octanol–water partition coefficient (Wildman–Crippen LogP) is 1.95. The fourth-order valence-electron chi connectivity index (χ4n) is 2.46. The quantitative estimate of drug-likeness (QED) is 0.746. The minimum atomic E-state index is -0.380. The third kappa shape index (κ3) is 3.87. The van der Waals surface area contributed by atoms with Gasteiger partial charge in [0.15, 0.2) is 0 Å². The molecule has 6 heteroatoms. The average Bonchev–Trinajstić information content (AvgIpc) is 2.44. The molecule has 1 fully saturated rings. The van der Waals surface area contributed by atoms with Crippen LogP contribution in [0.5, 0.6) is 0 Å². The van der Waals surface area contributed by atoms with Gasteiger partial charge in [0.1, 0.15) is 0 Å². The molecule has 3 unspecified atom stereocenters. The molecule has 4 N–H and O–H groups in total. The van der Waals surface area contributed by atoms with Crippen molar-refractivity contribution >= 4 is 28.9 Å². The molecule has 5 nitrogen and oxygen atoms in total. The number of nitrogens with two attached hydrogens (primary N) is 1. The molecule has 1 saturated heterocycles. The molecule has 0 radical (unpaired) electrons. The molecule has 0 spiro atoms. The van der Waals surface area contributed by atoms with E-state index >= 15 is 0 Å². The number of hydrogen-bond donors (Lipinski definition) is 3. The Morgan fingerprint density at radius 2 is 2.29 bits per heavy atom. The number of anilines is 2. The van der Waals surface area contributed by atoms with Crippen molar-refractivity contribution in [2.75, 3.05) is 24.1 Å². The van der Waals surface area contributed by atoms with Crippen LogP contribution in [0.25, 0.3) is 0 Å². The molecule has 0 bridgehead atoms. The summed E-state index contributed by atoms with van der Waals surface area (Å²) in [5.74, 6) is 0.145. The zero-order chi connectivity index (χ0) is 15.6. The number of halogens is 1. The first-order chi connectivity index (χ1) is 9.88. The number of rotatable bonds is 3. The van der Waals surface area contributed by atoms with Gasteiger partial charge in [0.05, 0.1) is 22.9 Å². The first kappa shape index (κ1) is 16.1. The summed E-state index contributed by atoms with van der Waals surface area (Å²) in [6.45, 7) is 5.19. The number of β-amino-alcohol motifs (C(OH)–C–C–N with tert-alkyl or cyclic N) is 1. The lowest BCUT2D eigenvalue weighted by Crippen LogP contribution is -2.50. The van der Waals surface area contributed by atoms with Crippen LogP contribution >= 0.6 is 11.6 Å². The summed E-state index contributed by atoms with van der Waals surface area (Å²) >= 11 is 6.06. The maximum atomic E-state index is 12.3. The van der Waals surface area contributed by atoms with Gasteiger partial charge in [-0.15, -0.1) is 0 Å². The molecule has 1 aromatic carbocycles. The lowest BCUT2D eigenvalue weighted by Gasteiger charge is -2.37. The van der Waals surface area contributed by atoms with Gasteiger partial charge in [-0.05, 0) is 44.0 Å². The van der Waals surface area contributed by atoms with E-state index < -0.39 is 0 Å². The Kier molecular flexibility index (Phi) is 5.08. The minimum absolute atomic E-state index is 0.136. The molecule has 1 aromatic rings. The summed E-state index contributed by atoms with van der Waals surface area (Å²) in [6, 6.07) is 4.67. The summed E-state index contributed by atoms with van der Waals surface area (Å²) < 4.78 is 0. The van der Waals surface area contributed by atoms with Crippen LogP contribution in [0, 0.1) is 5.92 Å². The van der Waals surface area contributed by atoms with Crippen molar-refractivity contribution in [2.45, 2.75) is 32.4 Å². The van der Waals surface area contributed by atoms with Crippen molar-refractivity contribution in [3.63, 3.8) is 0 Å². The van der Waals surface area contributed by atoms with Crippen LogP contribution in [0.15, 0.2) is 18.2 Å². The smallest absolute Gasteiger partial charge is 0.241 e. The number of nitrogens with one attached hydrogen (secondary N) is 1. The van der Waals surface area contributed by atoms with Gasteiger partial charge < -0.3 is 16.2 Å². The summed E-state index contributed by atoms with van der Waals surface area (Å²) in [5.41, 5.74) is 6.73. The number of likely N-dealkylation sites (tertiary alicyclic amines) is 1. The van der Waals surface area contributed by atoms with E-state index in [1.165, 1.54) is 0 Å². The normalized spacial score (nSPS) is 24.6. The molecule has 116 valence electrons. The molecule has 1 aliphatic heterocycles. The van der Waals surface area contributed by atoms with Crippen molar-refractivity contribution in [1.29, 1.82) is 0 Å². The predicted molar refractivity (Wildman–Crippen MR) is 85.3 cm³/mol. The van der Waals surface area contributed by atoms with Crippen LogP contribution in [0.4, 0.5) is 11.4 Å². The van der Waals surface area contributed by atoms with E-state index in [1.807, 2.05) is 18.7 Å². The van der Waals surface area contributed by atoms with Crippen LogP contribution in [0.3, 0.4) is 0 Å².